The molecular weight excluding hydrogens is 312 g/mol. The third kappa shape index (κ3) is 3.02. The number of carbonyl (C=O) groups excluding carboxylic acids is 1. The first-order valence-electron chi connectivity index (χ1n) is 6.14. The van der Waals surface area contributed by atoms with Crippen molar-refractivity contribution in [1.82, 2.24) is 9.80 Å². The van der Waals surface area contributed by atoms with Gasteiger partial charge in [0.15, 0.2) is 5.78 Å². The second-order valence-corrected chi connectivity index (χ2v) is 6.99. The highest BCUT2D eigenvalue weighted by atomic mass is 79.9. The maximum absolute atomic E-state index is 12.2. The monoisotopic (exact) mass is 330 g/mol. The van der Waals surface area contributed by atoms with Gasteiger partial charge in [0.2, 0.25) is 0 Å². The molecule has 0 aromatic carbocycles. The van der Waals surface area contributed by atoms with Crippen LogP contribution in [0, 0.1) is 5.92 Å². The van der Waals surface area contributed by atoms with Crippen LogP contribution < -0.4 is 0 Å². The lowest BCUT2D eigenvalue weighted by molar-refractivity contribution is 0.0944. The molecule has 2 rings (SSSR count). The molecule has 2 atom stereocenters. The summed E-state index contributed by atoms with van der Waals surface area (Å²) in [7, 11) is 4.23. The van der Waals surface area contributed by atoms with E-state index >= 15 is 0 Å². The number of hydrogen-bond donors (Lipinski definition) is 0. The van der Waals surface area contributed by atoms with Crippen molar-refractivity contribution in [3.05, 3.63) is 20.8 Å². The Morgan fingerprint density at radius 2 is 2.28 bits per heavy atom. The molecule has 18 heavy (non-hydrogen) atoms. The number of carbonyl (C=O) groups is 1. The Balaban J connectivity index is 1.96. The van der Waals surface area contributed by atoms with Crippen molar-refractivity contribution in [2.24, 2.45) is 5.92 Å². The van der Waals surface area contributed by atoms with Crippen LogP contribution in [0.1, 0.15) is 16.6 Å². The van der Waals surface area contributed by atoms with Crippen LogP contribution in [-0.4, -0.2) is 55.4 Å². The fraction of sp³-hybridized carbons (Fsp3) is 0.615. The number of Topliss-reactive ketones (excluding diaryl/α,β-unsaturated/α-hetero) is 1. The maximum Gasteiger partial charge on any atom is 0.187 e. The van der Waals surface area contributed by atoms with Gasteiger partial charge >= 0.3 is 0 Å². The molecule has 0 N–H and O–H groups in total. The Hall–Kier alpha value is -0.230. The van der Waals surface area contributed by atoms with Crippen LogP contribution in [0.4, 0.5) is 0 Å². The molecule has 1 fully saturated rings. The van der Waals surface area contributed by atoms with Crippen LogP contribution in [0.3, 0.4) is 0 Å². The minimum atomic E-state index is 0.225. The molecule has 0 saturated carbocycles. The predicted octanol–water partition coefficient (Wildman–Crippen LogP) is 2.58. The van der Waals surface area contributed by atoms with E-state index in [1.54, 1.807) is 0 Å². The average molecular weight is 331 g/mol. The van der Waals surface area contributed by atoms with Crippen molar-refractivity contribution in [2.75, 3.05) is 33.7 Å². The smallest absolute Gasteiger partial charge is 0.187 e. The van der Waals surface area contributed by atoms with Gasteiger partial charge in [-0.25, -0.2) is 0 Å². The van der Waals surface area contributed by atoms with E-state index < -0.39 is 0 Å². The largest absolute Gasteiger partial charge is 0.305 e. The number of hydrogen-bond acceptors (Lipinski definition) is 4. The summed E-state index contributed by atoms with van der Waals surface area (Å²) >= 11 is 4.94. The van der Waals surface area contributed by atoms with Gasteiger partial charge in [-0.3, -0.25) is 9.69 Å². The summed E-state index contributed by atoms with van der Waals surface area (Å²) in [5, 5.41) is 1.95. The van der Waals surface area contributed by atoms with Gasteiger partial charge in [0, 0.05) is 23.6 Å². The van der Waals surface area contributed by atoms with E-state index in [2.05, 4.69) is 46.7 Å². The Morgan fingerprint density at radius 3 is 2.78 bits per heavy atom. The third-order valence-corrected chi connectivity index (χ3v) is 5.43. The van der Waals surface area contributed by atoms with E-state index in [9.17, 15) is 4.79 Å². The Kier molecular flexibility index (Phi) is 4.59. The van der Waals surface area contributed by atoms with Crippen LogP contribution in [0.25, 0.3) is 0 Å². The van der Waals surface area contributed by atoms with Crippen molar-refractivity contribution in [2.45, 2.75) is 13.0 Å². The number of rotatable bonds is 4. The van der Waals surface area contributed by atoms with Crippen LogP contribution >= 0.6 is 27.3 Å². The summed E-state index contributed by atoms with van der Waals surface area (Å²) in [6.45, 7) is 4.80. The molecule has 2 unspecified atom stereocenters. The van der Waals surface area contributed by atoms with Gasteiger partial charge in [0.1, 0.15) is 0 Å². The number of ketones is 1. The van der Waals surface area contributed by atoms with E-state index in [0.717, 1.165) is 22.4 Å². The van der Waals surface area contributed by atoms with E-state index in [1.165, 1.54) is 11.3 Å². The number of nitrogens with zero attached hydrogens (tertiary/aromatic N) is 2. The predicted molar refractivity (Wildman–Crippen MR) is 79.4 cm³/mol. The third-order valence-electron chi connectivity index (χ3n) is 3.55. The van der Waals surface area contributed by atoms with E-state index in [1.807, 2.05) is 11.4 Å². The van der Waals surface area contributed by atoms with Crippen LogP contribution in [0.5, 0.6) is 0 Å². The number of thiophene rings is 1. The summed E-state index contributed by atoms with van der Waals surface area (Å²) in [6, 6.07) is 2.50. The molecule has 0 spiro atoms. The van der Waals surface area contributed by atoms with E-state index in [0.29, 0.717) is 18.5 Å². The van der Waals surface area contributed by atoms with Gasteiger partial charge in [-0.2, -0.15) is 0 Å². The molecule has 0 bridgehead atoms. The van der Waals surface area contributed by atoms with E-state index in [4.69, 9.17) is 0 Å². The van der Waals surface area contributed by atoms with Gasteiger partial charge in [0.05, 0.1) is 11.4 Å². The van der Waals surface area contributed by atoms with Crippen LogP contribution in [0.15, 0.2) is 15.9 Å². The first-order valence-corrected chi connectivity index (χ1v) is 7.81. The summed E-state index contributed by atoms with van der Waals surface area (Å²) in [6.07, 6.45) is 0. The Labute approximate surface area is 121 Å². The lowest BCUT2D eigenvalue weighted by atomic mass is 10.1. The Bertz CT molecular complexity index is 432. The van der Waals surface area contributed by atoms with Gasteiger partial charge in [0.25, 0.3) is 0 Å². The van der Waals surface area contributed by atoms with Gasteiger partial charge in [-0.1, -0.05) is 6.92 Å². The zero-order valence-electron chi connectivity index (χ0n) is 11.0. The highest BCUT2D eigenvalue weighted by Crippen LogP contribution is 2.25. The molecule has 1 aromatic rings. The number of likely N-dealkylation sites (tertiary alicyclic amines) is 1. The van der Waals surface area contributed by atoms with Crippen molar-refractivity contribution in [3.63, 3.8) is 0 Å². The van der Waals surface area contributed by atoms with Crippen molar-refractivity contribution in [1.29, 1.82) is 0 Å². The molecule has 0 amide bonds. The minimum absolute atomic E-state index is 0.225. The van der Waals surface area contributed by atoms with Crippen molar-refractivity contribution >= 4 is 33.0 Å². The van der Waals surface area contributed by atoms with Crippen molar-refractivity contribution in [3.8, 4) is 0 Å². The summed E-state index contributed by atoms with van der Waals surface area (Å²) in [5.74, 6) is 0.850. The molecule has 3 nitrogen and oxygen atoms in total. The standard InChI is InChI=1S/C13H19BrN2OS/c1-9-6-16(7-11(9)15(2)3)8-12(17)13-10(14)4-5-18-13/h4-5,9,11H,6-8H2,1-3H3. The molecule has 100 valence electrons. The van der Waals surface area contributed by atoms with Gasteiger partial charge in [-0.15, -0.1) is 11.3 Å². The minimum Gasteiger partial charge on any atom is -0.305 e. The normalized spacial score (nSPS) is 24.9. The lowest BCUT2D eigenvalue weighted by Gasteiger charge is -2.22. The quantitative estimate of drug-likeness (QED) is 0.793. The highest BCUT2D eigenvalue weighted by Gasteiger charge is 2.32. The topological polar surface area (TPSA) is 23.6 Å². The summed E-state index contributed by atoms with van der Waals surface area (Å²) in [4.78, 5) is 17.6. The molecule has 2 heterocycles. The second-order valence-electron chi connectivity index (χ2n) is 5.22. The molecule has 0 aliphatic carbocycles. The average Bonchev–Trinajstić information content (AvgIpc) is 2.84. The molecule has 1 saturated heterocycles. The Morgan fingerprint density at radius 1 is 1.56 bits per heavy atom. The molecule has 1 aliphatic heterocycles. The summed E-state index contributed by atoms with van der Waals surface area (Å²) in [5.41, 5.74) is 0. The molecular formula is C13H19BrN2OS. The zero-order valence-corrected chi connectivity index (χ0v) is 13.4. The second kappa shape index (κ2) is 5.82. The molecule has 1 aliphatic rings. The molecule has 0 radical (unpaired) electrons. The first kappa shape index (κ1) is 14.2. The zero-order chi connectivity index (χ0) is 13.3. The van der Waals surface area contributed by atoms with Crippen LogP contribution in [-0.2, 0) is 0 Å². The SMILES string of the molecule is CC1CN(CC(=O)c2sccc2Br)CC1N(C)C. The molecule has 1 aromatic heterocycles. The lowest BCUT2D eigenvalue weighted by Crippen LogP contribution is -2.35. The first-order chi connectivity index (χ1) is 8.49. The van der Waals surface area contributed by atoms with Gasteiger partial charge < -0.3 is 4.90 Å². The number of halogens is 1. The molecule has 5 heteroatoms. The van der Waals surface area contributed by atoms with Gasteiger partial charge in [-0.05, 0) is 47.4 Å². The number of likely N-dealkylation sites (N-methyl/N-ethyl adjacent to an activating group) is 1. The highest BCUT2D eigenvalue weighted by molar-refractivity contribution is 9.10. The fourth-order valence-electron chi connectivity index (χ4n) is 2.62. The van der Waals surface area contributed by atoms with E-state index in [-0.39, 0.29) is 5.78 Å². The van der Waals surface area contributed by atoms with Crippen LogP contribution in [0.2, 0.25) is 0 Å². The fourth-order valence-corrected chi connectivity index (χ4v) is 4.14. The van der Waals surface area contributed by atoms with Crippen molar-refractivity contribution < 1.29 is 4.79 Å². The maximum atomic E-state index is 12.2. The summed E-state index contributed by atoms with van der Waals surface area (Å²) < 4.78 is 0.925.